The number of benzene rings is 2. The van der Waals surface area contributed by atoms with Crippen LogP contribution in [0.1, 0.15) is 55.6 Å². The summed E-state index contributed by atoms with van der Waals surface area (Å²) in [5, 5.41) is 5.77. The molecule has 3 aromatic rings. The lowest BCUT2D eigenvalue weighted by Crippen LogP contribution is -2.49. The van der Waals surface area contributed by atoms with Crippen LogP contribution in [0.4, 0.5) is 9.18 Å². The molecule has 1 saturated heterocycles. The van der Waals surface area contributed by atoms with Crippen LogP contribution in [0.15, 0.2) is 54.7 Å². The monoisotopic (exact) mass is 478 g/mol. The van der Waals surface area contributed by atoms with Crippen LogP contribution < -0.4 is 5.32 Å². The topological polar surface area (TPSA) is 60.6 Å². The molecule has 6 nitrogen and oxygen atoms in total. The van der Waals surface area contributed by atoms with Gasteiger partial charge in [-0.2, -0.15) is 0 Å². The van der Waals surface area contributed by atoms with E-state index in [0.717, 1.165) is 55.0 Å². The molecule has 35 heavy (non-hydrogen) atoms. The van der Waals surface area contributed by atoms with E-state index >= 15 is 0 Å². The molecule has 1 atom stereocenters. The van der Waals surface area contributed by atoms with Gasteiger partial charge in [-0.3, -0.25) is 4.90 Å². The summed E-state index contributed by atoms with van der Waals surface area (Å²) < 4.78 is 13.8. The molecule has 2 aromatic carbocycles. The summed E-state index contributed by atoms with van der Waals surface area (Å²) in [4.78, 5) is 24.0. The molecule has 1 aliphatic carbocycles. The SMILES string of the molecule is CN(C)C1(c2ccccc2)CCC(NC(=O)ON2CCCC(c3c[nH]c4ccc(F)cc34)C2)CC1. The Morgan fingerprint density at radius 1 is 1.14 bits per heavy atom. The van der Waals surface area contributed by atoms with Gasteiger partial charge in [-0.15, -0.1) is 5.06 Å². The molecule has 1 saturated carbocycles. The van der Waals surface area contributed by atoms with Crippen LogP contribution >= 0.6 is 0 Å². The third kappa shape index (κ3) is 4.93. The van der Waals surface area contributed by atoms with Gasteiger partial charge >= 0.3 is 6.09 Å². The number of H-pyrrole nitrogens is 1. The van der Waals surface area contributed by atoms with Gasteiger partial charge in [0.15, 0.2) is 0 Å². The Hall–Kier alpha value is -2.90. The summed E-state index contributed by atoms with van der Waals surface area (Å²) >= 11 is 0. The van der Waals surface area contributed by atoms with E-state index in [0.29, 0.717) is 13.1 Å². The highest BCUT2D eigenvalue weighted by atomic mass is 19.1. The molecule has 2 heterocycles. The molecule has 186 valence electrons. The van der Waals surface area contributed by atoms with Gasteiger partial charge in [-0.05, 0) is 81.9 Å². The van der Waals surface area contributed by atoms with Gasteiger partial charge in [0.1, 0.15) is 5.82 Å². The predicted molar refractivity (Wildman–Crippen MR) is 135 cm³/mol. The number of piperidine rings is 1. The van der Waals surface area contributed by atoms with E-state index in [1.165, 1.54) is 11.6 Å². The summed E-state index contributed by atoms with van der Waals surface area (Å²) in [7, 11) is 4.29. The summed E-state index contributed by atoms with van der Waals surface area (Å²) in [5.41, 5.74) is 3.35. The van der Waals surface area contributed by atoms with E-state index in [-0.39, 0.29) is 29.4 Å². The van der Waals surface area contributed by atoms with Crippen LogP contribution in [0.3, 0.4) is 0 Å². The molecule has 5 rings (SSSR count). The number of rotatable bonds is 5. The van der Waals surface area contributed by atoms with Crippen LogP contribution in [-0.2, 0) is 10.4 Å². The number of hydrogen-bond donors (Lipinski definition) is 2. The first-order chi connectivity index (χ1) is 16.9. The summed E-state index contributed by atoms with van der Waals surface area (Å²) in [6, 6.07) is 15.6. The zero-order chi connectivity index (χ0) is 24.4. The fourth-order valence-corrected chi connectivity index (χ4v) is 6.02. The van der Waals surface area contributed by atoms with E-state index in [2.05, 4.69) is 59.6 Å². The zero-order valence-electron chi connectivity index (χ0n) is 20.6. The first kappa shape index (κ1) is 23.8. The Morgan fingerprint density at radius 2 is 1.91 bits per heavy atom. The first-order valence-corrected chi connectivity index (χ1v) is 12.7. The summed E-state index contributed by atoms with van der Waals surface area (Å²) in [5.74, 6) is -0.0481. The van der Waals surface area contributed by atoms with E-state index in [4.69, 9.17) is 4.84 Å². The maximum Gasteiger partial charge on any atom is 0.426 e. The molecular weight excluding hydrogens is 443 g/mol. The van der Waals surface area contributed by atoms with Crippen molar-refractivity contribution < 1.29 is 14.0 Å². The molecule has 1 unspecified atom stereocenters. The average Bonchev–Trinajstić information content (AvgIpc) is 3.28. The number of aromatic nitrogens is 1. The number of amides is 1. The minimum Gasteiger partial charge on any atom is -0.361 e. The second-order valence-corrected chi connectivity index (χ2v) is 10.3. The number of fused-ring (bicyclic) bond motifs is 1. The number of nitrogens with zero attached hydrogens (tertiary/aromatic N) is 2. The molecular formula is C28H35FN4O2. The standard InChI is InChI=1S/C28H35FN4O2/c1-32(2)28(21-8-4-3-5-9-21)14-12-23(13-15-28)31-27(34)35-33-16-6-7-20(19-33)25-18-30-26-11-10-22(29)17-24(25)26/h3-5,8-11,17-18,20,23,30H,6-7,12-16,19H2,1-2H3,(H,31,34). The Kier molecular flexibility index (Phi) is 6.80. The number of carbonyl (C=O) groups excluding carboxylic acids is 1. The summed E-state index contributed by atoms with van der Waals surface area (Å²) in [6.07, 6.45) is 7.28. The predicted octanol–water partition coefficient (Wildman–Crippen LogP) is 5.53. The van der Waals surface area contributed by atoms with Crippen molar-refractivity contribution in [3.8, 4) is 0 Å². The van der Waals surface area contributed by atoms with E-state index < -0.39 is 0 Å². The molecule has 1 aromatic heterocycles. The number of aromatic amines is 1. The van der Waals surface area contributed by atoms with Crippen LogP contribution in [0.2, 0.25) is 0 Å². The van der Waals surface area contributed by atoms with Crippen molar-refractivity contribution in [2.24, 2.45) is 0 Å². The first-order valence-electron chi connectivity index (χ1n) is 12.7. The van der Waals surface area contributed by atoms with Gasteiger partial charge in [0.2, 0.25) is 0 Å². The van der Waals surface area contributed by atoms with Crippen LogP contribution in [-0.4, -0.2) is 54.3 Å². The molecule has 0 spiro atoms. The molecule has 1 aliphatic heterocycles. The van der Waals surface area contributed by atoms with Crippen molar-refractivity contribution in [3.63, 3.8) is 0 Å². The van der Waals surface area contributed by atoms with Crippen molar-refractivity contribution in [3.05, 3.63) is 71.7 Å². The third-order valence-corrected chi connectivity index (χ3v) is 8.01. The molecule has 2 fully saturated rings. The fourth-order valence-electron chi connectivity index (χ4n) is 6.02. The van der Waals surface area contributed by atoms with Crippen molar-refractivity contribution >= 4 is 17.0 Å². The quantitative estimate of drug-likeness (QED) is 0.506. The normalized spacial score (nSPS) is 25.6. The maximum atomic E-state index is 13.8. The van der Waals surface area contributed by atoms with Crippen molar-refractivity contribution in [2.75, 3.05) is 27.2 Å². The van der Waals surface area contributed by atoms with E-state index in [9.17, 15) is 9.18 Å². The van der Waals surface area contributed by atoms with Gasteiger partial charge in [-0.1, -0.05) is 30.3 Å². The van der Waals surface area contributed by atoms with Crippen LogP contribution in [0.25, 0.3) is 10.9 Å². The average molecular weight is 479 g/mol. The van der Waals surface area contributed by atoms with Gasteiger partial charge in [0, 0.05) is 47.7 Å². The van der Waals surface area contributed by atoms with E-state index in [1.807, 2.05) is 6.20 Å². The lowest BCUT2D eigenvalue weighted by molar-refractivity contribution is -0.116. The molecule has 1 amide bonds. The highest BCUT2D eigenvalue weighted by molar-refractivity contribution is 5.83. The zero-order valence-corrected chi connectivity index (χ0v) is 20.6. The largest absolute Gasteiger partial charge is 0.426 e. The number of nitrogens with one attached hydrogen (secondary N) is 2. The van der Waals surface area contributed by atoms with Crippen LogP contribution in [0, 0.1) is 5.82 Å². The lowest BCUT2D eigenvalue weighted by atomic mass is 9.74. The van der Waals surface area contributed by atoms with Crippen molar-refractivity contribution in [1.29, 1.82) is 0 Å². The highest BCUT2D eigenvalue weighted by Gasteiger charge is 2.39. The smallest absolute Gasteiger partial charge is 0.361 e. The maximum absolute atomic E-state index is 13.8. The molecule has 7 heteroatoms. The Balaban J connectivity index is 1.17. The Morgan fingerprint density at radius 3 is 2.66 bits per heavy atom. The van der Waals surface area contributed by atoms with Crippen molar-refractivity contribution in [1.82, 2.24) is 20.3 Å². The minimum atomic E-state index is -0.377. The minimum absolute atomic E-state index is 0.00222. The van der Waals surface area contributed by atoms with Gasteiger partial charge < -0.3 is 15.1 Å². The van der Waals surface area contributed by atoms with Gasteiger partial charge in [-0.25, -0.2) is 9.18 Å². The fraction of sp³-hybridized carbons (Fsp3) is 0.464. The lowest BCUT2D eigenvalue weighted by Gasteiger charge is -2.45. The van der Waals surface area contributed by atoms with Gasteiger partial charge in [0.05, 0.1) is 0 Å². The van der Waals surface area contributed by atoms with Crippen molar-refractivity contribution in [2.45, 2.75) is 56.0 Å². The van der Waals surface area contributed by atoms with E-state index in [1.54, 1.807) is 17.2 Å². The number of carbonyl (C=O) groups is 1. The third-order valence-electron chi connectivity index (χ3n) is 8.01. The highest BCUT2D eigenvalue weighted by Crippen LogP contribution is 2.41. The molecule has 0 radical (unpaired) electrons. The second kappa shape index (κ2) is 9.99. The molecule has 2 N–H and O–H groups in total. The van der Waals surface area contributed by atoms with Gasteiger partial charge in [0.25, 0.3) is 0 Å². The Labute approximate surface area is 206 Å². The molecule has 0 bridgehead atoms. The molecule has 2 aliphatic rings. The number of hydrogen-bond acceptors (Lipinski definition) is 4. The second-order valence-electron chi connectivity index (χ2n) is 10.3. The van der Waals surface area contributed by atoms with Crippen LogP contribution in [0.5, 0.6) is 0 Å². The number of halogens is 1. The summed E-state index contributed by atoms with van der Waals surface area (Å²) in [6.45, 7) is 1.32. The number of hydroxylamine groups is 2. The Bertz CT molecular complexity index is 1150.